The van der Waals surface area contributed by atoms with Crippen molar-refractivity contribution >= 4 is 28.5 Å². The largest absolute Gasteiger partial charge is 0.438 e. The zero-order valence-electron chi connectivity index (χ0n) is 18.9. The molecule has 1 aliphatic rings. The Labute approximate surface area is 203 Å². The molecule has 0 amide bonds. The molecule has 36 heavy (non-hydrogen) atoms. The van der Waals surface area contributed by atoms with Crippen LogP contribution in [0.4, 0.5) is 24.7 Å². The number of fused-ring (bicyclic) bond motifs is 1. The van der Waals surface area contributed by atoms with Gasteiger partial charge in [-0.25, -0.2) is 9.97 Å². The molecule has 1 saturated heterocycles. The number of hydrogen-bond donors (Lipinski definition) is 2. The number of alkyl halides is 3. The van der Waals surface area contributed by atoms with Crippen LogP contribution in [0.1, 0.15) is 22.3 Å². The molecule has 0 radical (unpaired) electrons. The van der Waals surface area contributed by atoms with E-state index in [1.54, 1.807) is 35.6 Å². The average Bonchev–Trinajstić information content (AvgIpc) is 3.19. The summed E-state index contributed by atoms with van der Waals surface area (Å²) in [5.41, 5.74) is 15.1. The number of nitrogen functional groups attached to an aromatic ring is 1. The molecule has 1 fully saturated rings. The Morgan fingerprint density at radius 1 is 1.11 bits per heavy atom. The van der Waals surface area contributed by atoms with Crippen molar-refractivity contribution < 1.29 is 22.4 Å². The van der Waals surface area contributed by atoms with Crippen LogP contribution in [0.2, 0.25) is 0 Å². The predicted octanol–water partition coefficient (Wildman–Crippen LogP) is 3.40. The Kier molecular flexibility index (Phi) is 6.04. The monoisotopic (exact) mass is 497 g/mol. The predicted molar refractivity (Wildman–Crippen MR) is 126 cm³/mol. The fraction of sp³-hybridized carbons (Fsp3) is 0.292. The van der Waals surface area contributed by atoms with Crippen molar-refractivity contribution in [2.24, 2.45) is 11.7 Å². The summed E-state index contributed by atoms with van der Waals surface area (Å²) in [5.74, 6) is -2.04. The summed E-state index contributed by atoms with van der Waals surface area (Å²) in [6, 6.07) is 2.64. The van der Waals surface area contributed by atoms with Crippen molar-refractivity contribution in [3.63, 3.8) is 0 Å². The summed E-state index contributed by atoms with van der Waals surface area (Å²) in [6.07, 6.45) is 4.50. The Hall–Kier alpha value is -4.06. The number of halogens is 3. The zero-order chi connectivity index (χ0) is 25.4. The van der Waals surface area contributed by atoms with Gasteiger partial charge in [0.05, 0.1) is 5.92 Å². The Balaban J connectivity index is 1.44. The number of nitrogens with two attached hydrogens (primary N) is 2. The highest BCUT2D eigenvalue weighted by molar-refractivity contribution is 6.11. The maximum Gasteiger partial charge on any atom is 0.393 e. The fourth-order valence-corrected chi connectivity index (χ4v) is 4.57. The van der Waals surface area contributed by atoms with Crippen molar-refractivity contribution in [2.45, 2.75) is 25.1 Å². The van der Waals surface area contributed by atoms with Gasteiger partial charge in [-0.2, -0.15) is 13.2 Å². The minimum absolute atomic E-state index is 0.0912. The minimum Gasteiger partial charge on any atom is -0.438 e. The molecule has 9 nitrogen and oxygen atoms in total. The number of anilines is 2. The van der Waals surface area contributed by atoms with E-state index in [4.69, 9.17) is 15.9 Å². The van der Waals surface area contributed by atoms with E-state index < -0.39 is 23.9 Å². The number of rotatable bonds is 5. The van der Waals surface area contributed by atoms with Crippen LogP contribution in [-0.2, 0) is 6.42 Å². The lowest BCUT2D eigenvalue weighted by Crippen LogP contribution is -2.51. The van der Waals surface area contributed by atoms with Crippen LogP contribution in [0.15, 0.2) is 53.9 Å². The molecule has 4 aromatic rings. The number of ketones is 1. The minimum atomic E-state index is -4.36. The Morgan fingerprint density at radius 2 is 1.89 bits per heavy atom. The summed E-state index contributed by atoms with van der Waals surface area (Å²) < 4.78 is 45.9. The third-order valence-electron chi connectivity index (χ3n) is 6.24. The maximum atomic E-state index is 13.4. The van der Waals surface area contributed by atoms with Crippen molar-refractivity contribution in [3.8, 4) is 11.1 Å². The molecule has 0 aliphatic carbocycles. The number of nitrogens with zero attached hydrogens (tertiary/aromatic N) is 5. The van der Waals surface area contributed by atoms with Crippen molar-refractivity contribution in [2.75, 3.05) is 23.7 Å². The first-order valence-corrected chi connectivity index (χ1v) is 11.2. The van der Waals surface area contributed by atoms with E-state index in [2.05, 4.69) is 19.9 Å². The van der Waals surface area contributed by atoms with Gasteiger partial charge in [0.1, 0.15) is 17.4 Å². The smallest absolute Gasteiger partial charge is 0.393 e. The Bertz CT molecular complexity index is 1410. The van der Waals surface area contributed by atoms with Gasteiger partial charge in [-0.05, 0) is 18.6 Å². The first-order chi connectivity index (χ1) is 17.2. The molecule has 5 rings (SSSR count). The molecular weight excluding hydrogens is 475 g/mol. The second-order valence-electron chi connectivity index (χ2n) is 8.78. The lowest BCUT2D eigenvalue weighted by molar-refractivity contribution is -0.177. The van der Waals surface area contributed by atoms with Gasteiger partial charge in [0.15, 0.2) is 11.4 Å². The van der Waals surface area contributed by atoms with Gasteiger partial charge in [0.25, 0.3) is 0 Å². The molecule has 4 aromatic heterocycles. The summed E-state index contributed by atoms with van der Waals surface area (Å²) in [5, 5.41) is 0. The van der Waals surface area contributed by atoms with Crippen LogP contribution in [0.5, 0.6) is 0 Å². The van der Waals surface area contributed by atoms with Crippen LogP contribution in [0.3, 0.4) is 0 Å². The van der Waals surface area contributed by atoms with Crippen molar-refractivity contribution in [1.29, 1.82) is 0 Å². The second kappa shape index (κ2) is 9.19. The van der Waals surface area contributed by atoms with Crippen LogP contribution in [0, 0.1) is 5.92 Å². The van der Waals surface area contributed by atoms with Gasteiger partial charge in [-0.3, -0.25) is 14.8 Å². The van der Waals surface area contributed by atoms with E-state index in [1.807, 2.05) is 0 Å². The number of carbonyl (C=O) groups excluding carboxylic acids is 1. The molecule has 5 heterocycles. The van der Waals surface area contributed by atoms with E-state index >= 15 is 0 Å². The number of piperidine rings is 1. The van der Waals surface area contributed by atoms with E-state index in [0.717, 1.165) is 0 Å². The number of Topliss-reactive ketones (excluding diaryl/α,β-unsaturated/α-hetero) is 1. The molecule has 2 atom stereocenters. The molecule has 0 saturated carbocycles. The molecule has 1 aliphatic heterocycles. The number of hydrogen-bond acceptors (Lipinski definition) is 9. The lowest BCUT2D eigenvalue weighted by atomic mass is 9.93. The summed E-state index contributed by atoms with van der Waals surface area (Å²) in [7, 11) is 0. The summed E-state index contributed by atoms with van der Waals surface area (Å²) in [4.78, 5) is 31.3. The van der Waals surface area contributed by atoms with Crippen LogP contribution >= 0.6 is 0 Å². The molecular formula is C24H22F3N7O2. The van der Waals surface area contributed by atoms with Crippen molar-refractivity contribution in [3.05, 3.63) is 60.6 Å². The summed E-state index contributed by atoms with van der Waals surface area (Å²) in [6.45, 7) is -0.00515. The highest BCUT2D eigenvalue weighted by Crippen LogP contribution is 2.36. The maximum absolute atomic E-state index is 13.4. The van der Waals surface area contributed by atoms with Gasteiger partial charge < -0.3 is 20.8 Å². The molecule has 186 valence electrons. The highest BCUT2D eigenvalue weighted by Gasteiger charge is 2.44. The third kappa shape index (κ3) is 4.59. The van der Waals surface area contributed by atoms with Crippen LogP contribution in [0.25, 0.3) is 22.2 Å². The number of aromatic nitrogens is 4. The molecule has 4 N–H and O–H groups in total. The fourth-order valence-electron chi connectivity index (χ4n) is 4.57. The van der Waals surface area contributed by atoms with Gasteiger partial charge in [-0.1, -0.05) is 0 Å². The normalized spacial score (nSPS) is 18.5. The lowest BCUT2D eigenvalue weighted by Gasteiger charge is -2.39. The molecule has 0 unspecified atom stereocenters. The van der Waals surface area contributed by atoms with Crippen molar-refractivity contribution in [1.82, 2.24) is 19.9 Å². The standard InChI is InChI=1S/C24H22F3N7O2/c25-24(26,27)16-5-17(28)11-34(10-16)18-1-2-30-6-14(18)3-19(35)21-22-20(36-23(21)29)4-13(9-33-22)15-7-31-12-32-8-15/h1-2,4,6-9,12,16-17H,3,5,10-11,28-29H2/t16-,17+/m1/s1. The second-order valence-corrected chi connectivity index (χ2v) is 8.78. The third-order valence-corrected chi connectivity index (χ3v) is 6.24. The number of furan rings is 1. The topological polar surface area (TPSA) is 137 Å². The van der Waals surface area contributed by atoms with E-state index in [-0.39, 0.29) is 37.4 Å². The average molecular weight is 497 g/mol. The van der Waals surface area contributed by atoms with E-state index in [1.165, 1.54) is 18.7 Å². The Morgan fingerprint density at radius 3 is 2.64 bits per heavy atom. The number of pyridine rings is 2. The van der Waals surface area contributed by atoms with E-state index in [0.29, 0.717) is 33.5 Å². The van der Waals surface area contributed by atoms with Gasteiger partial charge in [-0.15, -0.1) is 0 Å². The highest BCUT2D eigenvalue weighted by atomic mass is 19.4. The van der Waals surface area contributed by atoms with E-state index in [9.17, 15) is 18.0 Å². The summed E-state index contributed by atoms with van der Waals surface area (Å²) >= 11 is 0. The van der Waals surface area contributed by atoms with Gasteiger partial charge in [0.2, 0.25) is 5.88 Å². The van der Waals surface area contributed by atoms with Gasteiger partial charge in [0, 0.05) is 78.9 Å². The zero-order valence-corrected chi connectivity index (χ0v) is 18.9. The quantitative estimate of drug-likeness (QED) is 0.397. The van der Waals surface area contributed by atoms with Crippen LogP contribution < -0.4 is 16.4 Å². The molecule has 12 heteroatoms. The molecule has 0 bridgehead atoms. The first kappa shape index (κ1) is 23.7. The first-order valence-electron chi connectivity index (χ1n) is 11.2. The molecule has 0 aromatic carbocycles. The van der Waals surface area contributed by atoms with Gasteiger partial charge >= 0.3 is 6.18 Å². The molecule has 0 spiro atoms. The number of carbonyl (C=O) groups is 1. The van der Waals surface area contributed by atoms with Crippen LogP contribution in [-0.4, -0.2) is 51.0 Å². The SMILES string of the molecule is Nc1oc2cc(-c3cncnc3)cnc2c1C(=O)Cc1cnccc1N1C[C@@H](N)C[C@@H](C(F)(F)F)C1.